The minimum absolute atomic E-state index is 0.111. The van der Waals surface area contributed by atoms with Crippen LogP contribution in [0, 0.1) is 0 Å². The van der Waals surface area contributed by atoms with Gasteiger partial charge >= 0.3 is 5.97 Å². The second-order valence-corrected chi connectivity index (χ2v) is 11.4. The van der Waals surface area contributed by atoms with Crippen LogP contribution in [0.25, 0.3) is 0 Å². The molecule has 1 rings (SSSR count). The van der Waals surface area contributed by atoms with E-state index in [-0.39, 0.29) is 11.1 Å². The largest absolute Gasteiger partial charge is 0.457 e. The van der Waals surface area contributed by atoms with Gasteiger partial charge in [0.25, 0.3) is 0 Å². The van der Waals surface area contributed by atoms with Crippen LogP contribution < -0.4 is 0 Å². The molecule has 0 bridgehead atoms. The number of rotatable bonds is 3. The first-order chi connectivity index (χ1) is 8.53. The molecule has 0 radical (unpaired) electrons. The maximum atomic E-state index is 11.0. The fourth-order valence-corrected chi connectivity index (χ4v) is 3.10. The minimum atomic E-state index is -1.89. The highest BCUT2D eigenvalue weighted by molar-refractivity contribution is 6.74. The predicted molar refractivity (Wildman–Crippen MR) is 74.2 cm³/mol. The van der Waals surface area contributed by atoms with E-state index >= 15 is 0 Å². The molecule has 6 heteroatoms. The van der Waals surface area contributed by atoms with Crippen LogP contribution in [-0.4, -0.2) is 44.5 Å². The number of aliphatic hydroxyl groups is 1. The summed E-state index contributed by atoms with van der Waals surface area (Å²) in [5.74, 6) is -0.416. The van der Waals surface area contributed by atoms with Crippen LogP contribution in [0.3, 0.4) is 0 Å². The zero-order valence-corrected chi connectivity index (χ0v) is 13.7. The molecule has 0 spiro atoms. The number of hydrogen-bond acceptors (Lipinski definition) is 5. The number of aliphatic hydroxyl groups excluding tert-OH is 1. The molecular formula is C13H26O5Si. The van der Waals surface area contributed by atoms with Crippen LogP contribution >= 0.6 is 0 Å². The van der Waals surface area contributed by atoms with Gasteiger partial charge in [-0.3, -0.25) is 4.79 Å². The van der Waals surface area contributed by atoms with Crippen molar-refractivity contribution in [2.24, 2.45) is 0 Å². The van der Waals surface area contributed by atoms with Gasteiger partial charge in [0, 0.05) is 13.3 Å². The summed E-state index contributed by atoms with van der Waals surface area (Å²) in [6.45, 7) is 12.5. The normalized spacial score (nSPS) is 29.1. The lowest BCUT2D eigenvalue weighted by molar-refractivity contribution is -0.222. The van der Waals surface area contributed by atoms with E-state index < -0.39 is 26.7 Å². The van der Waals surface area contributed by atoms with Crippen LogP contribution in [0.4, 0.5) is 0 Å². The summed E-state index contributed by atoms with van der Waals surface area (Å²) in [4.78, 5) is 11.0. The van der Waals surface area contributed by atoms with Crippen LogP contribution in [-0.2, 0) is 18.7 Å². The second-order valence-electron chi connectivity index (χ2n) is 6.61. The third-order valence-electron chi connectivity index (χ3n) is 3.85. The van der Waals surface area contributed by atoms with Crippen molar-refractivity contribution in [3.05, 3.63) is 0 Å². The van der Waals surface area contributed by atoms with Gasteiger partial charge in [-0.15, -0.1) is 0 Å². The van der Waals surface area contributed by atoms with Crippen molar-refractivity contribution < 1.29 is 23.8 Å². The third-order valence-corrected chi connectivity index (χ3v) is 8.39. The molecule has 1 N–H and O–H groups in total. The molecule has 5 nitrogen and oxygen atoms in total. The molecule has 1 heterocycles. The van der Waals surface area contributed by atoms with E-state index in [4.69, 9.17) is 13.9 Å². The second kappa shape index (κ2) is 5.91. The Morgan fingerprint density at radius 2 is 1.95 bits per heavy atom. The average molecular weight is 290 g/mol. The maximum absolute atomic E-state index is 11.0. The van der Waals surface area contributed by atoms with Gasteiger partial charge in [0.1, 0.15) is 0 Å². The quantitative estimate of drug-likeness (QED) is 0.636. The van der Waals surface area contributed by atoms with Gasteiger partial charge in [-0.05, 0) is 18.1 Å². The standard InChI is InChI=1S/C13H26O5Si/c1-9(14)17-11-7-10(8-16-12(11)15)18-19(5,6)13(2,3)4/h10-12,15H,7-8H2,1-6H3/t10-,11+,12?/m0/s1. The highest BCUT2D eigenvalue weighted by Gasteiger charge is 2.42. The topological polar surface area (TPSA) is 65.0 Å². The summed E-state index contributed by atoms with van der Waals surface area (Å²) in [7, 11) is -1.89. The van der Waals surface area contributed by atoms with Gasteiger partial charge in [-0.25, -0.2) is 0 Å². The van der Waals surface area contributed by atoms with E-state index in [9.17, 15) is 9.90 Å². The van der Waals surface area contributed by atoms with Crippen molar-refractivity contribution >= 4 is 14.3 Å². The molecule has 112 valence electrons. The molecule has 1 aliphatic heterocycles. The van der Waals surface area contributed by atoms with Crippen LogP contribution in [0.2, 0.25) is 18.1 Å². The number of carbonyl (C=O) groups excluding carboxylic acids is 1. The van der Waals surface area contributed by atoms with Crippen molar-refractivity contribution in [2.75, 3.05) is 6.61 Å². The Balaban J connectivity index is 2.63. The summed E-state index contributed by atoms with van der Waals surface area (Å²) in [6, 6.07) is 0. The lowest BCUT2D eigenvalue weighted by Crippen LogP contribution is -2.50. The van der Waals surface area contributed by atoms with Crippen molar-refractivity contribution in [1.82, 2.24) is 0 Å². The first-order valence-electron chi connectivity index (χ1n) is 6.67. The van der Waals surface area contributed by atoms with Crippen molar-refractivity contribution in [2.45, 2.75) is 70.7 Å². The number of ether oxygens (including phenoxy) is 2. The molecule has 1 aliphatic rings. The van der Waals surface area contributed by atoms with Gasteiger partial charge < -0.3 is 19.0 Å². The van der Waals surface area contributed by atoms with E-state index in [1.807, 2.05) is 0 Å². The van der Waals surface area contributed by atoms with Crippen LogP contribution in [0.5, 0.6) is 0 Å². The Labute approximate surface area is 116 Å². The minimum Gasteiger partial charge on any atom is -0.457 e. The molecule has 0 aliphatic carbocycles. The summed E-state index contributed by atoms with van der Waals surface area (Å²) in [6.07, 6.45) is -1.34. The Kier molecular flexibility index (Phi) is 5.17. The molecule has 0 saturated carbocycles. The Hall–Kier alpha value is -0.433. The van der Waals surface area contributed by atoms with Crippen molar-refractivity contribution in [3.8, 4) is 0 Å². The first kappa shape index (κ1) is 16.6. The molecule has 0 aromatic rings. The summed E-state index contributed by atoms with van der Waals surface area (Å²) >= 11 is 0. The molecule has 1 saturated heterocycles. The van der Waals surface area contributed by atoms with E-state index in [1.165, 1.54) is 6.92 Å². The van der Waals surface area contributed by atoms with Gasteiger partial charge in [0.2, 0.25) is 0 Å². The van der Waals surface area contributed by atoms with Gasteiger partial charge in [-0.2, -0.15) is 0 Å². The number of carbonyl (C=O) groups is 1. The fraction of sp³-hybridized carbons (Fsp3) is 0.923. The van der Waals surface area contributed by atoms with Gasteiger partial charge in [0.05, 0.1) is 12.7 Å². The van der Waals surface area contributed by atoms with E-state index in [0.29, 0.717) is 13.0 Å². The Bertz CT molecular complexity index is 323. The molecule has 0 aromatic heterocycles. The average Bonchev–Trinajstić information content (AvgIpc) is 2.20. The third kappa shape index (κ3) is 4.56. The maximum Gasteiger partial charge on any atom is 0.303 e. The zero-order chi connectivity index (χ0) is 14.8. The van der Waals surface area contributed by atoms with Crippen molar-refractivity contribution in [1.29, 1.82) is 0 Å². The summed E-state index contributed by atoms with van der Waals surface area (Å²) < 4.78 is 16.5. The lowest BCUT2D eigenvalue weighted by atomic mass is 10.1. The number of hydrogen-bond donors (Lipinski definition) is 1. The summed E-state index contributed by atoms with van der Waals surface area (Å²) in [5, 5.41) is 9.76. The molecule has 0 amide bonds. The molecular weight excluding hydrogens is 264 g/mol. The molecule has 3 atom stereocenters. The van der Waals surface area contributed by atoms with Crippen LogP contribution in [0.15, 0.2) is 0 Å². The van der Waals surface area contributed by atoms with E-state index in [0.717, 1.165) is 0 Å². The predicted octanol–water partition coefficient (Wildman–Crippen LogP) is 2.05. The lowest BCUT2D eigenvalue weighted by Gasteiger charge is -2.42. The van der Waals surface area contributed by atoms with E-state index in [2.05, 4.69) is 33.9 Å². The fourth-order valence-electron chi connectivity index (χ4n) is 1.75. The van der Waals surface area contributed by atoms with E-state index in [1.54, 1.807) is 0 Å². The van der Waals surface area contributed by atoms with Crippen molar-refractivity contribution in [3.63, 3.8) is 0 Å². The first-order valence-corrected chi connectivity index (χ1v) is 9.58. The SMILES string of the molecule is CC(=O)O[C@@H]1C[C@H](O[Si](C)(C)C(C)(C)C)COC1O. The summed E-state index contributed by atoms with van der Waals surface area (Å²) in [5.41, 5.74) is 0. The zero-order valence-electron chi connectivity index (χ0n) is 12.7. The monoisotopic (exact) mass is 290 g/mol. The smallest absolute Gasteiger partial charge is 0.303 e. The molecule has 1 fully saturated rings. The van der Waals surface area contributed by atoms with Crippen LogP contribution in [0.1, 0.15) is 34.1 Å². The molecule has 0 aromatic carbocycles. The molecule has 1 unspecified atom stereocenters. The Morgan fingerprint density at radius 3 is 2.42 bits per heavy atom. The molecule has 19 heavy (non-hydrogen) atoms. The van der Waals surface area contributed by atoms with Gasteiger partial charge in [-0.1, -0.05) is 20.8 Å². The highest BCUT2D eigenvalue weighted by Crippen LogP contribution is 2.38. The highest BCUT2D eigenvalue weighted by atomic mass is 28.4. The van der Waals surface area contributed by atoms with Gasteiger partial charge in [0.15, 0.2) is 20.7 Å². The number of esters is 1. The Morgan fingerprint density at radius 1 is 1.37 bits per heavy atom.